The highest BCUT2D eigenvalue weighted by atomic mass is 35.5. The number of nitrogen functional groups attached to an aromatic ring is 1. The maximum absolute atomic E-state index is 12.7. The number of ether oxygens (including phenoxy) is 1. The van der Waals surface area contributed by atoms with E-state index in [1.165, 1.54) is 0 Å². The van der Waals surface area contributed by atoms with Gasteiger partial charge in [-0.1, -0.05) is 17.7 Å². The number of anilines is 1. The SMILES string of the molecule is Cc1ccc(N)cc1S(=O)Cc1cc(Cl)cc2c1OCC2. The van der Waals surface area contributed by atoms with Gasteiger partial charge in [-0.25, -0.2) is 0 Å². The molecule has 3 nitrogen and oxygen atoms in total. The second-order valence-corrected chi connectivity index (χ2v) is 7.02. The van der Waals surface area contributed by atoms with Crippen molar-refractivity contribution in [1.29, 1.82) is 0 Å². The first-order chi connectivity index (χ1) is 10.0. The highest BCUT2D eigenvalue weighted by Gasteiger charge is 2.20. The standard InChI is InChI=1S/C16H16ClNO2S/c1-10-2-3-14(18)8-15(10)21(19)9-12-7-13(17)6-11-4-5-20-16(11)12/h2-3,6-8H,4-5,9,18H2,1H3. The van der Waals surface area contributed by atoms with Crippen molar-refractivity contribution in [2.45, 2.75) is 24.0 Å². The Morgan fingerprint density at radius 1 is 1.33 bits per heavy atom. The van der Waals surface area contributed by atoms with Gasteiger partial charge in [0, 0.05) is 27.6 Å². The molecule has 3 rings (SSSR count). The Balaban J connectivity index is 1.94. The predicted molar refractivity (Wildman–Crippen MR) is 86.4 cm³/mol. The van der Waals surface area contributed by atoms with Gasteiger partial charge < -0.3 is 10.5 Å². The number of benzene rings is 2. The third-order valence-electron chi connectivity index (χ3n) is 3.57. The van der Waals surface area contributed by atoms with Crippen molar-refractivity contribution in [3.8, 4) is 5.75 Å². The molecule has 2 aromatic rings. The molecule has 0 aromatic heterocycles. The number of rotatable bonds is 3. The molecule has 0 bridgehead atoms. The van der Waals surface area contributed by atoms with Gasteiger partial charge in [0.2, 0.25) is 0 Å². The van der Waals surface area contributed by atoms with Crippen LogP contribution in [0.3, 0.4) is 0 Å². The van der Waals surface area contributed by atoms with Crippen molar-refractivity contribution >= 4 is 28.1 Å². The maximum atomic E-state index is 12.7. The fraction of sp³-hybridized carbons (Fsp3) is 0.250. The smallest absolute Gasteiger partial charge is 0.126 e. The van der Waals surface area contributed by atoms with Crippen molar-refractivity contribution in [3.05, 3.63) is 52.0 Å². The van der Waals surface area contributed by atoms with Crippen LogP contribution >= 0.6 is 11.6 Å². The van der Waals surface area contributed by atoms with Crippen LogP contribution in [0.4, 0.5) is 5.69 Å². The van der Waals surface area contributed by atoms with Gasteiger partial charge >= 0.3 is 0 Å². The van der Waals surface area contributed by atoms with Crippen molar-refractivity contribution < 1.29 is 8.95 Å². The van der Waals surface area contributed by atoms with E-state index in [-0.39, 0.29) is 0 Å². The quantitative estimate of drug-likeness (QED) is 0.881. The van der Waals surface area contributed by atoms with E-state index in [1.54, 1.807) is 6.07 Å². The van der Waals surface area contributed by atoms with Gasteiger partial charge in [-0.3, -0.25) is 4.21 Å². The van der Waals surface area contributed by atoms with E-state index in [1.807, 2.05) is 31.2 Å². The Bertz CT molecular complexity index is 730. The fourth-order valence-electron chi connectivity index (χ4n) is 2.53. The molecule has 0 spiro atoms. The minimum absolute atomic E-state index is 0.382. The first-order valence-corrected chi connectivity index (χ1v) is 8.43. The van der Waals surface area contributed by atoms with Crippen LogP contribution in [0.25, 0.3) is 0 Å². The van der Waals surface area contributed by atoms with Crippen LogP contribution in [0.15, 0.2) is 35.2 Å². The zero-order chi connectivity index (χ0) is 15.0. The number of aryl methyl sites for hydroxylation is 1. The minimum Gasteiger partial charge on any atom is -0.493 e. The maximum Gasteiger partial charge on any atom is 0.126 e. The Labute approximate surface area is 131 Å². The molecule has 0 aliphatic carbocycles. The van der Waals surface area contributed by atoms with Crippen molar-refractivity contribution in [2.75, 3.05) is 12.3 Å². The van der Waals surface area contributed by atoms with Crippen LogP contribution in [-0.2, 0) is 23.0 Å². The average molecular weight is 322 g/mol. The monoisotopic (exact) mass is 321 g/mol. The molecule has 21 heavy (non-hydrogen) atoms. The summed E-state index contributed by atoms with van der Waals surface area (Å²) in [6.45, 7) is 2.60. The molecule has 2 aromatic carbocycles. The first kappa shape index (κ1) is 14.4. The molecule has 1 aliphatic rings. The van der Waals surface area contributed by atoms with Crippen LogP contribution in [0, 0.1) is 6.92 Å². The number of nitrogens with two attached hydrogens (primary N) is 1. The molecule has 0 fully saturated rings. The van der Waals surface area contributed by atoms with Gasteiger partial charge in [-0.05, 0) is 42.3 Å². The van der Waals surface area contributed by atoms with Gasteiger partial charge in [0.05, 0.1) is 23.2 Å². The van der Waals surface area contributed by atoms with Crippen LogP contribution < -0.4 is 10.5 Å². The summed E-state index contributed by atoms with van der Waals surface area (Å²) < 4.78 is 18.3. The summed E-state index contributed by atoms with van der Waals surface area (Å²) in [5, 5.41) is 0.663. The summed E-state index contributed by atoms with van der Waals surface area (Å²) in [7, 11) is -1.18. The van der Waals surface area contributed by atoms with E-state index in [4.69, 9.17) is 22.1 Å². The molecule has 5 heteroatoms. The first-order valence-electron chi connectivity index (χ1n) is 6.73. The third kappa shape index (κ3) is 2.92. The normalized spacial score (nSPS) is 14.6. The van der Waals surface area contributed by atoms with Crippen molar-refractivity contribution in [1.82, 2.24) is 0 Å². The zero-order valence-corrected chi connectivity index (χ0v) is 13.3. The molecule has 1 unspecified atom stereocenters. The highest BCUT2D eigenvalue weighted by Crippen LogP contribution is 2.34. The summed E-state index contributed by atoms with van der Waals surface area (Å²) in [6.07, 6.45) is 0.854. The predicted octanol–water partition coefficient (Wildman–Crippen LogP) is 3.47. The van der Waals surface area contributed by atoms with Gasteiger partial charge in [0.25, 0.3) is 0 Å². The molecule has 1 atom stereocenters. The van der Waals surface area contributed by atoms with Crippen LogP contribution in [0.5, 0.6) is 5.75 Å². The number of hydrogen-bond donors (Lipinski definition) is 1. The second-order valence-electron chi connectivity index (χ2n) is 5.17. The average Bonchev–Trinajstić information content (AvgIpc) is 2.89. The van der Waals surface area contributed by atoms with E-state index < -0.39 is 10.8 Å². The van der Waals surface area contributed by atoms with E-state index in [9.17, 15) is 4.21 Å². The number of fused-ring (bicyclic) bond motifs is 1. The lowest BCUT2D eigenvalue weighted by atomic mass is 10.1. The van der Waals surface area contributed by atoms with Crippen LogP contribution in [-0.4, -0.2) is 10.8 Å². The number of hydrogen-bond acceptors (Lipinski definition) is 3. The molecular weight excluding hydrogens is 306 g/mol. The Kier molecular flexibility index (Phi) is 3.91. The highest BCUT2D eigenvalue weighted by molar-refractivity contribution is 7.84. The molecule has 110 valence electrons. The van der Waals surface area contributed by atoms with E-state index in [2.05, 4.69) is 0 Å². The minimum atomic E-state index is -1.18. The summed E-state index contributed by atoms with van der Waals surface area (Å²) >= 11 is 6.14. The van der Waals surface area contributed by atoms with E-state index in [0.29, 0.717) is 23.1 Å². The fourth-order valence-corrected chi connectivity index (χ4v) is 4.14. The molecule has 0 saturated heterocycles. The topological polar surface area (TPSA) is 52.3 Å². The molecular formula is C16H16ClNO2S. The number of halogens is 1. The molecule has 1 aliphatic heterocycles. The van der Waals surface area contributed by atoms with Crippen LogP contribution in [0.1, 0.15) is 16.7 Å². The lowest BCUT2D eigenvalue weighted by Gasteiger charge is -2.11. The molecule has 0 amide bonds. The summed E-state index contributed by atoms with van der Waals surface area (Å²) in [4.78, 5) is 0.765. The molecule has 1 heterocycles. The summed E-state index contributed by atoms with van der Waals surface area (Å²) in [5.74, 6) is 1.22. The Hall–Kier alpha value is -1.52. The molecule has 0 saturated carbocycles. The van der Waals surface area contributed by atoms with Gasteiger partial charge in [-0.2, -0.15) is 0 Å². The lowest BCUT2D eigenvalue weighted by molar-refractivity contribution is 0.354. The summed E-state index contributed by atoms with van der Waals surface area (Å²) in [5.41, 5.74) is 9.38. The van der Waals surface area contributed by atoms with Gasteiger partial charge in [-0.15, -0.1) is 0 Å². The van der Waals surface area contributed by atoms with Crippen molar-refractivity contribution in [2.24, 2.45) is 0 Å². The van der Waals surface area contributed by atoms with E-state index >= 15 is 0 Å². The largest absolute Gasteiger partial charge is 0.493 e. The zero-order valence-electron chi connectivity index (χ0n) is 11.7. The van der Waals surface area contributed by atoms with Gasteiger partial charge in [0.15, 0.2) is 0 Å². The Morgan fingerprint density at radius 3 is 2.95 bits per heavy atom. The third-order valence-corrected chi connectivity index (χ3v) is 5.29. The molecule has 2 N–H and O–H groups in total. The van der Waals surface area contributed by atoms with Crippen molar-refractivity contribution in [3.63, 3.8) is 0 Å². The van der Waals surface area contributed by atoms with Crippen LogP contribution in [0.2, 0.25) is 5.02 Å². The van der Waals surface area contributed by atoms with E-state index in [0.717, 1.165) is 33.8 Å². The molecule has 0 radical (unpaired) electrons. The second kappa shape index (κ2) is 5.70. The lowest BCUT2D eigenvalue weighted by Crippen LogP contribution is -2.02. The summed E-state index contributed by atoms with van der Waals surface area (Å²) in [6, 6.07) is 9.24. The van der Waals surface area contributed by atoms with Gasteiger partial charge in [0.1, 0.15) is 5.75 Å². The Morgan fingerprint density at radius 2 is 2.14 bits per heavy atom.